The molecule has 0 aromatic heterocycles. The van der Waals surface area contributed by atoms with Gasteiger partial charge in [-0.05, 0) is 24.1 Å². The van der Waals surface area contributed by atoms with Gasteiger partial charge in [-0.1, -0.05) is 42.5 Å². The van der Waals surface area contributed by atoms with Crippen LogP contribution in [-0.4, -0.2) is 53.4 Å². The van der Waals surface area contributed by atoms with Crippen LogP contribution in [0.5, 0.6) is 0 Å². The van der Waals surface area contributed by atoms with E-state index in [4.69, 9.17) is 0 Å². The molecule has 1 heterocycles. The van der Waals surface area contributed by atoms with Crippen LogP contribution in [0.3, 0.4) is 0 Å². The maximum atomic E-state index is 12.4. The minimum atomic E-state index is -0.435. The highest BCUT2D eigenvalue weighted by Gasteiger charge is 2.19. The summed E-state index contributed by atoms with van der Waals surface area (Å²) in [6, 6.07) is 16.8. The fourth-order valence-corrected chi connectivity index (χ4v) is 3.18. The number of rotatable bonds is 6. The van der Waals surface area contributed by atoms with E-state index in [0.29, 0.717) is 18.7 Å². The largest absolute Gasteiger partial charge is 0.337 e. The van der Waals surface area contributed by atoms with E-state index in [1.807, 2.05) is 6.07 Å². The topological polar surface area (TPSA) is 66.7 Å². The molecule has 1 aliphatic heterocycles. The van der Waals surface area contributed by atoms with Gasteiger partial charge in [-0.2, -0.15) is 0 Å². The van der Waals surface area contributed by atoms with Crippen LogP contribution in [0.1, 0.15) is 11.1 Å². The van der Waals surface area contributed by atoms with Gasteiger partial charge < -0.3 is 4.90 Å². The lowest BCUT2D eigenvalue weighted by molar-refractivity contribution is -0.385. The van der Waals surface area contributed by atoms with Gasteiger partial charge in [-0.15, -0.1) is 0 Å². The van der Waals surface area contributed by atoms with Crippen molar-refractivity contribution in [3.05, 3.63) is 81.9 Å². The molecule has 1 amide bonds. The van der Waals surface area contributed by atoms with Crippen molar-refractivity contribution in [1.29, 1.82) is 0 Å². The van der Waals surface area contributed by atoms with E-state index in [2.05, 4.69) is 29.2 Å². The number of benzene rings is 2. The zero-order valence-electron chi connectivity index (χ0n) is 15.2. The number of carbonyl (C=O) groups excluding carboxylic acids is 1. The Hall–Kier alpha value is -2.99. The fraction of sp³-hybridized carbons (Fsp3) is 0.286. The molecule has 0 N–H and O–H groups in total. The molecule has 0 spiro atoms. The van der Waals surface area contributed by atoms with Crippen LogP contribution in [0.25, 0.3) is 6.08 Å². The fourth-order valence-electron chi connectivity index (χ4n) is 3.18. The monoisotopic (exact) mass is 365 g/mol. The number of nitrogens with zero attached hydrogens (tertiary/aromatic N) is 3. The maximum Gasteiger partial charge on any atom is 0.276 e. The first-order valence-electron chi connectivity index (χ1n) is 9.10. The normalized spacial score (nSPS) is 15.2. The van der Waals surface area contributed by atoms with Gasteiger partial charge in [0.25, 0.3) is 5.69 Å². The average molecular weight is 365 g/mol. The minimum Gasteiger partial charge on any atom is -0.337 e. The van der Waals surface area contributed by atoms with Crippen molar-refractivity contribution < 1.29 is 9.72 Å². The van der Waals surface area contributed by atoms with Crippen LogP contribution in [0, 0.1) is 10.1 Å². The molecule has 140 valence electrons. The Morgan fingerprint density at radius 2 is 1.67 bits per heavy atom. The first kappa shape index (κ1) is 18.8. The SMILES string of the molecule is O=C(/C=C/c1ccccc1[N+](=O)[O-])N1CCN(CCc2ccccc2)CC1. The highest BCUT2D eigenvalue weighted by Crippen LogP contribution is 2.19. The van der Waals surface area contributed by atoms with Crippen molar-refractivity contribution in [2.45, 2.75) is 6.42 Å². The molecular formula is C21H23N3O3. The Morgan fingerprint density at radius 1 is 1.00 bits per heavy atom. The van der Waals surface area contributed by atoms with Gasteiger partial charge in [0.2, 0.25) is 5.91 Å². The van der Waals surface area contributed by atoms with Crippen molar-refractivity contribution in [1.82, 2.24) is 9.80 Å². The van der Waals surface area contributed by atoms with Gasteiger partial charge >= 0.3 is 0 Å². The number of carbonyl (C=O) groups is 1. The molecule has 2 aromatic carbocycles. The molecule has 0 saturated carbocycles. The van der Waals surface area contributed by atoms with Gasteiger partial charge in [-0.25, -0.2) is 0 Å². The molecule has 0 unspecified atom stereocenters. The van der Waals surface area contributed by atoms with E-state index in [1.54, 1.807) is 23.1 Å². The lowest BCUT2D eigenvalue weighted by Gasteiger charge is -2.34. The third-order valence-corrected chi connectivity index (χ3v) is 4.78. The van der Waals surface area contributed by atoms with Crippen molar-refractivity contribution in [3.63, 3.8) is 0 Å². The quantitative estimate of drug-likeness (QED) is 0.448. The summed E-state index contributed by atoms with van der Waals surface area (Å²) >= 11 is 0. The predicted octanol–water partition coefficient (Wildman–Crippen LogP) is 2.99. The zero-order valence-corrected chi connectivity index (χ0v) is 15.2. The Kier molecular flexibility index (Phi) is 6.33. The number of hydrogen-bond donors (Lipinski definition) is 0. The Balaban J connectivity index is 1.49. The van der Waals surface area contributed by atoms with Crippen LogP contribution in [-0.2, 0) is 11.2 Å². The van der Waals surface area contributed by atoms with E-state index < -0.39 is 4.92 Å². The summed E-state index contributed by atoms with van der Waals surface area (Å²) in [4.78, 5) is 27.2. The van der Waals surface area contributed by atoms with Gasteiger partial charge in [0.05, 0.1) is 10.5 Å². The second-order valence-corrected chi connectivity index (χ2v) is 6.55. The second-order valence-electron chi connectivity index (χ2n) is 6.55. The molecule has 6 nitrogen and oxygen atoms in total. The van der Waals surface area contributed by atoms with Crippen molar-refractivity contribution in [3.8, 4) is 0 Å². The third-order valence-electron chi connectivity index (χ3n) is 4.78. The van der Waals surface area contributed by atoms with E-state index in [9.17, 15) is 14.9 Å². The van der Waals surface area contributed by atoms with E-state index >= 15 is 0 Å². The summed E-state index contributed by atoms with van der Waals surface area (Å²) < 4.78 is 0. The number of nitro benzene ring substituents is 1. The summed E-state index contributed by atoms with van der Waals surface area (Å²) in [5.41, 5.74) is 1.77. The molecule has 2 aromatic rings. The molecule has 6 heteroatoms. The Bertz CT molecular complexity index is 812. The zero-order chi connectivity index (χ0) is 19.1. The van der Waals surface area contributed by atoms with Gasteiger partial charge in [-0.3, -0.25) is 19.8 Å². The molecule has 1 saturated heterocycles. The molecule has 1 aliphatic rings. The van der Waals surface area contributed by atoms with Crippen LogP contribution in [0.2, 0.25) is 0 Å². The van der Waals surface area contributed by atoms with Crippen molar-refractivity contribution in [2.24, 2.45) is 0 Å². The number of piperazine rings is 1. The predicted molar refractivity (Wildman–Crippen MR) is 105 cm³/mol. The van der Waals surface area contributed by atoms with Gasteiger partial charge in [0.15, 0.2) is 0 Å². The van der Waals surface area contributed by atoms with Crippen LogP contribution < -0.4 is 0 Å². The molecule has 27 heavy (non-hydrogen) atoms. The van der Waals surface area contributed by atoms with Crippen LogP contribution >= 0.6 is 0 Å². The highest BCUT2D eigenvalue weighted by atomic mass is 16.6. The minimum absolute atomic E-state index is 0.00674. The summed E-state index contributed by atoms with van der Waals surface area (Å²) in [5.74, 6) is -0.101. The summed E-state index contributed by atoms with van der Waals surface area (Å²) in [6.07, 6.45) is 3.97. The van der Waals surface area contributed by atoms with Crippen LogP contribution in [0.15, 0.2) is 60.7 Å². The molecule has 0 aliphatic carbocycles. The van der Waals surface area contributed by atoms with Gasteiger partial charge in [0.1, 0.15) is 0 Å². The molecule has 3 rings (SSSR count). The smallest absolute Gasteiger partial charge is 0.276 e. The highest BCUT2D eigenvalue weighted by molar-refractivity contribution is 5.92. The number of nitro groups is 1. The number of amides is 1. The summed E-state index contributed by atoms with van der Waals surface area (Å²) in [6.45, 7) is 4.03. The molecule has 1 fully saturated rings. The molecule has 0 atom stereocenters. The lowest BCUT2D eigenvalue weighted by atomic mass is 10.1. The third kappa shape index (κ3) is 5.24. The Labute approximate surface area is 158 Å². The Morgan fingerprint density at radius 3 is 2.37 bits per heavy atom. The molecular weight excluding hydrogens is 342 g/mol. The second kappa shape index (κ2) is 9.09. The standard InChI is InChI=1S/C21H23N3O3/c25-21(11-10-19-8-4-5-9-20(19)24(26)27)23-16-14-22(15-17-23)13-12-18-6-2-1-3-7-18/h1-11H,12-17H2/b11-10+. The first-order valence-corrected chi connectivity index (χ1v) is 9.10. The van der Waals surface area contributed by atoms with Crippen molar-refractivity contribution >= 4 is 17.7 Å². The van der Waals surface area contributed by atoms with E-state index in [1.165, 1.54) is 23.8 Å². The summed E-state index contributed by atoms with van der Waals surface area (Å²) in [5, 5.41) is 11.0. The van der Waals surface area contributed by atoms with Crippen LogP contribution in [0.4, 0.5) is 5.69 Å². The van der Waals surface area contributed by atoms with E-state index in [-0.39, 0.29) is 11.6 Å². The maximum absolute atomic E-state index is 12.4. The van der Waals surface area contributed by atoms with Crippen molar-refractivity contribution in [2.75, 3.05) is 32.7 Å². The summed E-state index contributed by atoms with van der Waals surface area (Å²) in [7, 11) is 0. The lowest BCUT2D eigenvalue weighted by Crippen LogP contribution is -2.48. The molecule has 0 radical (unpaired) electrons. The average Bonchev–Trinajstić information content (AvgIpc) is 2.71. The van der Waals surface area contributed by atoms with Gasteiger partial charge in [0, 0.05) is 44.9 Å². The molecule has 0 bridgehead atoms. The first-order chi connectivity index (χ1) is 13.1. The number of para-hydroxylation sites is 1. The van der Waals surface area contributed by atoms with E-state index in [0.717, 1.165) is 26.1 Å². The number of hydrogen-bond acceptors (Lipinski definition) is 4.